The first-order valence-electron chi connectivity index (χ1n) is 10.3. The van der Waals surface area contributed by atoms with Crippen LogP contribution in [-0.4, -0.2) is 0 Å². The first kappa shape index (κ1) is 18.2. The van der Waals surface area contributed by atoms with Gasteiger partial charge in [-0.05, 0) is 65.4 Å². The fraction of sp³-hybridized carbons (Fsp3) is 0. The van der Waals surface area contributed by atoms with E-state index in [1.807, 2.05) is 0 Å². The van der Waals surface area contributed by atoms with E-state index in [-0.39, 0.29) is 0 Å². The molecule has 3 heteroatoms. The number of halogens is 1. The van der Waals surface area contributed by atoms with Gasteiger partial charge in [-0.25, -0.2) is 0 Å². The molecule has 0 fully saturated rings. The fourth-order valence-electron chi connectivity index (χ4n) is 4.42. The van der Waals surface area contributed by atoms with Gasteiger partial charge in [0.1, 0.15) is 0 Å². The minimum atomic E-state index is 1.06. The Morgan fingerprint density at radius 1 is 0.419 bits per heavy atom. The van der Waals surface area contributed by atoms with Crippen molar-refractivity contribution in [2.24, 2.45) is 0 Å². The first-order valence-corrected chi connectivity index (χ1v) is 11.1. The van der Waals surface area contributed by atoms with Gasteiger partial charge in [-0.1, -0.05) is 76.6 Å². The number of anilines is 6. The molecule has 0 unspecified atom stereocenters. The Hall–Kier alpha value is -3.56. The molecule has 5 aromatic carbocycles. The lowest BCUT2D eigenvalue weighted by atomic mass is 10.0. The van der Waals surface area contributed by atoms with Crippen LogP contribution in [0.5, 0.6) is 0 Å². The summed E-state index contributed by atoms with van der Waals surface area (Å²) in [6.07, 6.45) is 0. The Kier molecular flexibility index (Phi) is 4.29. The van der Waals surface area contributed by atoms with E-state index in [2.05, 4.69) is 141 Å². The van der Waals surface area contributed by atoms with E-state index >= 15 is 0 Å². The van der Waals surface area contributed by atoms with Gasteiger partial charge in [0, 0.05) is 15.8 Å². The molecule has 2 nitrogen and oxygen atoms in total. The van der Waals surface area contributed by atoms with Gasteiger partial charge in [-0.15, -0.1) is 0 Å². The van der Waals surface area contributed by atoms with Crippen LogP contribution >= 0.6 is 15.9 Å². The molecule has 0 atom stereocenters. The summed E-state index contributed by atoms with van der Waals surface area (Å²) in [6.45, 7) is 0. The molecule has 1 aliphatic heterocycles. The normalized spacial score (nSPS) is 12.5. The van der Waals surface area contributed by atoms with Crippen LogP contribution in [0.25, 0.3) is 10.8 Å². The molecule has 0 N–H and O–H groups in total. The fourth-order valence-corrected chi connectivity index (χ4v) is 4.76. The summed E-state index contributed by atoms with van der Waals surface area (Å²) in [7, 11) is 0. The van der Waals surface area contributed by atoms with Crippen molar-refractivity contribution >= 4 is 60.8 Å². The molecule has 0 aromatic heterocycles. The lowest BCUT2D eigenvalue weighted by Crippen LogP contribution is -2.23. The highest BCUT2D eigenvalue weighted by Gasteiger charge is 2.30. The third-order valence-corrected chi connectivity index (χ3v) is 6.28. The Morgan fingerprint density at radius 2 is 1.03 bits per heavy atom. The van der Waals surface area contributed by atoms with E-state index in [4.69, 9.17) is 0 Å². The molecule has 0 aliphatic carbocycles. The Labute approximate surface area is 190 Å². The third-order valence-electron chi connectivity index (χ3n) is 5.79. The number of fused-ring (bicyclic) bond motifs is 3. The predicted octanol–water partition coefficient (Wildman–Crippen LogP) is 8.86. The second-order valence-electron chi connectivity index (χ2n) is 7.66. The standard InChI is InChI=1S/C28H19BrN2/c29-22-15-17-27-28(19-22)30(23-10-2-1-3-11-23)25-12-6-7-13-26(25)31(27)24-16-14-20-8-4-5-9-21(20)18-24/h1-19H. The average Bonchev–Trinajstić information content (AvgIpc) is 2.82. The molecule has 0 spiro atoms. The number of hydrogen-bond acceptors (Lipinski definition) is 2. The number of para-hydroxylation sites is 3. The summed E-state index contributed by atoms with van der Waals surface area (Å²) in [5.41, 5.74) is 6.92. The zero-order chi connectivity index (χ0) is 20.8. The Balaban J connectivity index is 1.63. The van der Waals surface area contributed by atoms with Gasteiger partial charge in [-0.3, -0.25) is 0 Å². The third kappa shape index (κ3) is 3.01. The summed E-state index contributed by atoms with van der Waals surface area (Å²) in [6, 6.07) is 40.9. The number of hydrogen-bond donors (Lipinski definition) is 0. The summed E-state index contributed by atoms with van der Waals surface area (Å²) in [5.74, 6) is 0. The highest BCUT2D eigenvalue weighted by molar-refractivity contribution is 9.10. The highest BCUT2D eigenvalue weighted by atomic mass is 79.9. The van der Waals surface area contributed by atoms with Crippen LogP contribution in [0.15, 0.2) is 120 Å². The van der Waals surface area contributed by atoms with Crippen LogP contribution in [0.2, 0.25) is 0 Å². The van der Waals surface area contributed by atoms with E-state index in [1.54, 1.807) is 0 Å². The molecule has 0 radical (unpaired) electrons. The maximum absolute atomic E-state index is 3.69. The van der Waals surface area contributed by atoms with Crippen molar-refractivity contribution in [1.82, 2.24) is 0 Å². The minimum Gasteiger partial charge on any atom is -0.306 e. The highest BCUT2D eigenvalue weighted by Crippen LogP contribution is 2.54. The molecule has 0 saturated heterocycles. The van der Waals surface area contributed by atoms with Gasteiger partial charge in [0.05, 0.1) is 22.7 Å². The van der Waals surface area contributed by atoms with Gasteiger partial charge in [0.15, 0.2) is 0 Å². The Bertz CT molecular complexity index is 1410. The van der Waals surface area contributed by atoms with Crippen molar-refractivity contribution < 1.29 is 0 Å². The smallest absolute Gasteiger partial charge is 0.0714 e. The molecular formula is C28H19BrN2. The first-order chi connectivity index (χ1) is 15.3. The molecule has 0 bridgehead atoms. The van der Waals surface area contributed by atoms with E-state index in [1.165, 1.54) is 10.8 Å². The second kappa shape index (κ2) is 7.29. The molecular weight excluding hydrogens is 444 g/mol. The summed E-state index contributed by atoms with van der Waals surface area (Å²) in [5, 5.41) is 2.49. The van der Waals surface area contributed by atoms with E-state index < -0.39 is 0 Å². The van der Waals surface area contributed by atoms with Crippen molar-refractivity contribution in [3.63, 3.8) is 0 Å². The van der Waals surface area contributed by atoms with Crippen molar-refractivity contribution in [2.45, 2.75) is 0 Å². The number of benzene rings is 5. The van der Waals surface area contributed by atoms with Gasteiger partial charge in [-0.2, -0.15) is 0 Å². The quantitative estimate of drug-likeness (QED) is 0.253. The van der Waals surface area contributed by atoms with Crippen molar-refractivity contribution in [3.05, 3.63) is 120 Å². The van der Waals surface area contributed by atoms with E-state index in [0.29, 0.717) is 0 Å². The summed E-state index contributed by atoms with van der Waals surface area (Å²) in [4.78, 5) is 4.70. The van der Waals surface area contributed by atoms with Crippen LogP contribution in [0.3, 0.4) is 0 Å². The zero-order valence-corrected chi connectivity index (χ0v) is 18.3. The minimum absolute atomic E-state index is 1.06. The van der Waals surface area contributed by atoms with Gasteiger partial charge in [0.25, 0.3) is 0 Å². The predicted molar refractivity (Wildman–Crippen MR) is 135 cm³/mol. The van der Waals surface area contributed by atoms with Crippen molar-refractivity contribution in [2.75, 3.05) is 9.80 Å². The maximum atomic E-state index is 3.69. The molecule has 6 rings (SSSR count). The van der Waals surface area contributed by atoms with Crippen LogP contribution in [-0.2, 0) is 0 Å². The molecule has 1 aliphatic rings. The molecule has 0 amide bonds. The van der Waals surface area contributed by atoms with Crippen molar-refractivity contribution in [1.29, 1.82) is 0 Å². The van der Waals surface area contributed by atoms with Gasteiger partial charge in [0.2, 0.25) is 0 Å². The van der Waals surface area contributed by atoms with Crippen molar-refractivity contribution in [3.8, 4) is 0 Å². The van der Waals surface area contributed by atoms with E-state index in [0.717, 1.165) is 38.6 Å². The van der Waals surface area contributed by atoms with Crippen LogP contribution in [0.1, 0.15) is 0 Å². The van der Waals surface area contributed by atoms with Gasteiger partial charge >= 0.3 is 0 Å². The monoisotopic (exact) mass is 462 g/mol. The van der Waals surface area contributed by atoms with E-state index in [9.17, 15) is 0 Å². The molecule has 148 valence electrons. The number of rotatable bonds is 2. The SMILES string of the molecule is Brc1ccc2c(c1)N(c1ccccc1)c1ccccc1N2c1ccc2ccccc2c1. The summed E-state index contributed by atoms with van der Waals surface area (Å²) < 4.78 is 1.06. The lowest BCUT2D eigenvalue weighted by molar-refractivity contribution is 1.17. The Morgan fingerprint density at radius 3 is 1.81 bits per heavy atom. The zero-order valence-electron chi connectivity index (χ0n) is 16.7. The lowest BCUT2D eigenvalue weighted by Gasteiger charge is -2.40. The van der Waals surface area contributed by atoms with Crippen LogP contribution in [0, 0.1) is 0 Å². The molecule has 5 aromatic rings. The largest absolute Gasteiger partial charge is 0.306 e. The topological polar surface area (TPSA) is 6.48 Å². The second-order valence-corrected chi connectivity index (χ2v) is 8.58. The maximum Gasteiger partial charge on any atom is 0.0714 e. The van der Waals surface area contributed by atoms with Crippen LogP contribution < -0.4 is 9.80 Å². The molecule has 31 heavy (non-hydrogen) atoms. The average molecular weight is 463 g/mol. The van der Waals surface area contributed by atoms with Gasteiger partial charge < -0.3 is 9.80 Å². The number of nitrogens with zero attached hydrogens (tertiary/aromatic N) is 2. The molecule has 1 heterocycles. The van der Waals surface area contributed by atoms with Crippen LogP contribution in [0.4, 0.5) is 34.1 Å². The summed E-state index contributed by atoms with van der Waals surface area (Å²) >= 11 is 3.69. The molecule has 0 saturated carbocycles.